The van der Waals surface area contributed by atoms with Crippen molar-refractivity contribution in [3.05, 3.63) is 76.8 Å². The van der Waals surface area contributed by atoms with E-state index >= 15 is 0 Å². The predicted molar refractivity (Wildman–Crippen MR) is 121 cm³/mol. The number of ether oxygens (including phenoxy) is 2. The summed E-state index contributed by atoms with van der Waals surface area (Å²) >= 11 is 6.40. The highest BCUT2D eigenvalue weighted by atomic mass is 35.5. The van der Waals surface area contributed by atoms with Crippen LogP contribution in [0.15, 0.2) is 60.7 Å². The van der Waals surface area contributed by atoms with Crippen LogP contribution in [0.3, 0.4) is 0 Å². The SMILES string of the molecule is COc1ccc2cc(C(O)CN3CCC(OCc4ccccc4)CC3)ccc2c1Cl. The van der Waals surface area contributed by atoms with Crippen LogP contribution in [-0.2, 0) is 11.3 Å². The molecule has 1 atom stereocenters. The molecule has 5 heteroatoms. The topological polar surface area (TPSA) is 41.9 Å². The summed E-state index contributed by atoms with van der Waals surface area (Å²) in [4.78, 5) is 2.32. The van der Waals surface area contributed by atoms with E-state index in [9.17, 15) is 5.11 Å². The number of fused-ring (bicyclic) bond motifs is 1. The molecule has 0 amide bonds. The van der Waals surface area contributed by atoms with Crippen molar-refractivity contribution in [2.75, 3.05) is 26.7 Å². The van der Waals surface area contributed by atoms with Crippen LogP contribution in [0.2, 0.25) is 5.02 Å². The summed E-state index contributed by atoms with van der Waals surface area (Å²) in [7, 11) is 1.61. The first-order valence-electron chi connectivity index (χ1n) is 10.5. The van der Waals surface area contributed by atoms with Gasteiger partial charge in [-0.2, -0.15) is 0 Å². The standard InChI is InChI=1S/C25H28ClNO3/c1-29-24-10-8-19-15-20(7-9-22(19)25(24)26)23(28)16-27-13-11-21(12-14-27)30-17-18-5-3-2-4-6-18/h2-10,15,21,23,28H,11-14,16-17H2,1H3. The van der Waals surface area contributed by atoms with E-state index in [0.29, 0.717) is 23.9 Å². The second-order valence-corrected chi connectivity index (χ2v) is 8.25. The van der Waals surface area contributed by atoms with Crippen molar-refractivity contribution in [1.82, 2.24) is 4.90 Å². The Balaban J connectivity index is 1.31. The number of likely N-dealkylation sites (tertiary alicyclic amines) is 1. The summed E-state index contributed by atoms with van der Waals surface area (Å²) in [5, 5.41) is 13.3. The molecule has 0 radical (unpaired) electrons. The molecule has 0 aliphatic carbocycles. The molecule has 3 aromatic rings. The molecular formula is C25H28ClNO3. The van der Waals surface area contributed by atoms with Gasteiger partial charge in [0.25, 0.3) is 0 Å². The number of aliphatic hydroxyl groups is 1. The molecule has 0 saturated carbocycles. The molecule has 1 aliphatic heterocycles. The van der Waals surface area contributed by atoms with Crippen molar-refractivity contribution in [3.8, 4) is 5.75 Å². The predicted octanol–water partition coefficient (Wildman–Crippen LogP) is 5.22. The van der Waals surface area contributed by atoms with Crippen LogP contribution in [0, 0.1) is 0 Å². The molecule has 0 bridgehead atoms. The lowest BCUT2D eigenvalue weighted by Gasteiger charge is -2.33. The molecule has 1 saturated heterocycles. The van der Waals surface area contributed by atoms with Crippen molar-refractivity contribution < 1.29 is 14.6 Å². The first-order valence-corrected chi connectivity index (χ1v) is 10.8. The maximum Gasteiger partial charge on any atom is 0.138 e. The van der Waals surface area contributed by atoms with Gasteiger partial charge in [0.2, 0.25) is 0 Å². The smallest absolute Gasteiger partial charge is 0.138 e. The highest BCUT2D eigenvalue weighted by Gasteiger charge is 2.22. The zero-order valence-corrected chi connectivity index (χ0v) is 18.0. The maximum absolute atomic E-state index is 10.8. The maximum atomic E-state index is 10.8. The Hall–Kier alpha value is -2.11. The zero-order valence-electron chi connectivity index (χ0n) is 17.3. The lowest BCUT2D eigenvalue weighted by molar-refractivity contribution is -0.0109. The molecule has 1 N–H and O–H groups in total. The normalized spacial score (nSPS) is 16.6. The van der Waals surface area contributed by atoms with Gasteiger partial charge in [-0.15, -0.1) is 0 Å². The van der Waals surface area contributed by atoms with Crippen LogP contribution in [0.4, 0.5) is 0 Å². The second-order valence-electron chi connectivity index (χ2n) is 7.87. The van der Waals surface area contributed by atoms with E-state index < -0.39 is 6.10 Å². The van der Waals surface area contributed by atoms with Crippen LogP contribution < -0.4 is 4.74 Å². The number of methoxy groups -OCH3 is 1. The lowest BCUT2D eigenvalue weighted by Crippen LogP contribution is -2.39. The number of nitrogens with zero attached hydrogens (tertiary/aromatic N) is 1. The van der Waals surface area contributed by atoms with E-state index in [1.165, 1.54) is 5.56 Å². The van der Waals surface area contributed by atoms with E-state index in [1.54, 1.807) is 7.11 Å². The molecule has 1 fully saturated rings. The number of β-amino-alcohol motifs (C(OH)–C–C–N with tert-alkyl or cyclic N) is 1. The average Bonchev–Trinajstić information content (AvgIpc) is 2.79. The Morgan fingerprint density at radius 3 is 2.57 bits per heavy atom. The van der Waals surface area contributed by atoms with Gasteiger partial charge in [-0.25, -0.2) is 0 Å². The number of halogens is 1. The summed E-state index contributed by atoms with van der Waals surface area (Å²) in [5.74, 6) is 0.662. The lowest BCUT2D eigenvalue weighted by atomic mass is 10.0. The summed E-state index contributed by atoms with van der Waals surface area (Å²) in [5.41, 5.74) is 2.12. The van der Waals surface area contributed by atoms with Crippen molar-refractivity contribution in [2.24, 2.45) is 0 Å². The molecule has 4 nitrogen and oxygen atoms in total. The third-order valence-corrected chi connectivity index (χ3v) is 6.23. The molecule has 158 valence electrons. The highest BCUT2D eigenvalue weighted by Crippen LogP contribution is 2.34. The largest absolute Gasteiger partial charge is 0.495 e. The fraction of sp³-hybridized carbons (Fsp3) is 0.360. The molecular weight excluding hydrogens is 398 g/mol. The minimum atomic E-state index is -0.530. The van der Waals surface area contributed by atoms with Gasteiger partial charge >= 0.3 is 0 Å². The first-order chi connectivity index (χ1) is 14.6. The Bertz CT molecular complexity index is 971. The highest BCUT2D eigenvalue weighted by molar-refractivity contribution is 6.37. The number of piperidine rings is 1. The first kappa shape index (κ1) is 21.1. The van der Waals surface area contributed by atoms with E-state index in [4.69, 9.17) is 21.1 Å². The molecule has 1 aliphatic rings. The van der Waals surface area contributed by atoms with Crippen molar-refractivity contribution >= 4 is 22.4 Å². The van der Waals surface area contributed by atoms with E-state index in [1.807, 2.05) is 48.5 Å². The Morgan fingerprint density at radius 1 is 1.07 bits per heavy atom. The molecule has 1 unspecified atom stereocenters. The quantitative estimate of drug-likeness (QED) is 0.563. The summed E-state index contributed by atoms with van der Waals surface area (Å²) in [6.07, 6.45) is 1.74. The molecule has 0 aromatic heterocycles. The third-order valence-electron chi connectivity index (χ3n) is 5.84. The molecule has 4 rings (SSSR count). The van der Waals surface area contributed by atoms with Gasteiger partial charge in [-0.3, -0.25) is 0 Å². The Kier molecular flexibility index (Phi) is 6.90. The van der Waals surface area contributed by atoms with Gasteiger partial charge in [0, 0.05) is 25.0 Å². The fourth-order valence-electron chi connectivity index (χ4n) is 4.05. The van der Waals surface area contributed by atoms with Crippen molar-refractivity contribution in [3.63, 3.8) is 0 Å². The van der Waals surface area contributed by atoms with Gasteiger partial charge in [0.1, 0.15) is 5.75 Å². The van der Waals surface area contributed by atoms with Gasteiger partial charge in [-0.05, 0) is 41.5 Å². The van der Waals surface area contributed by atoms with Crippen LogP contribution in [0.5, 0.6) is 5.75 Å². The van der Waals surface area contributed by atoms with E-state index in [2.05, 4.69) is 17.0 Å². The molecule has 0 spiro atoms. The number of aliphatic hydroxyl groups excluding tert-OH is 1. The number of benzene rings is 3. The molecule has 1 heterocycles. The van der Waals surface area contributed by atoms with Crippen molar-refractivity contribution in [2.45, 2.75) is 31.7 Å². The third kappa shape index (κ3) is 4.96. The summed E-state index contributed by atoms with van der Waals surface area (Å²) < 4.78 is 11.4. The number of hydrogen-bond acceptors (Lipinski definition) is 4. The van der Waals surface area contributed by atoms with E-state index in [-0.39, 0.29) is 6.10 Å². The van der Waals surface area contributed by atoms with Gasteiger partial charge in [-0.1, -0.05) is 60.1 Å². The van der Waals surface area contributed by atoms with Crippen molar-refractivity contribution in [1.29, 1.82) is 0 Å². The van der Waals surface area contributed by atoms with Crippen LogP contribution in [0.25, 0.3) is 10.8 Å². The number of hydrogen-bond donors (Lipinski definition) is 1. The number of rotatable bonds is 7. The second kappa shape index (κ2) is 9.80. The summed E-state index contributed by atoms with van der Waals surface area (Å²) in [6.45, 7) is 3.17. The van der Waals surface area contributed by atoms with Gasteiger partial charge < -0.3 is 19.5 Å². The zero-order chi connectivity index (χ0) is 20.9. The minimum Gasteiger partial charge on any atom is -0.495 e. The van der Waals surface area contributed by atoms with Gasteiger partial charge in [0.05, 0.1) is 30.9 Å². The fourth-order valence-corrected chi connectivity index (χ4v) is 4.36. The van der Waals surface area contributed by atoms with Crippen LogP contribution in [-0.4, -0.2) is 42.9 Å². The Morgan fingerprint density at radius 2 is 1.83 bits per heavy atom. The average molecular weight is 426 g/mol. The monoisotopic (exact) mass is 425 g/mol. The van der Waals surface area contributed by atoms with Crippen LogP contribution >= 0.6 is 11.6 Å². The Labute approximate surface area is 183 Å². The summed E-state index contributed by atoms with van der Waals surface area (Å²) in [6, 6.07) is 20.1. The van der Waals surface area contributed by atoms with Gasteiger partial charge in [0.15, 0.2) is 0 Å². The molecule has 30 heavy (non-hydrogen) atoms. The van der Waals surface area contributed by atoms with Crippen LogP contribution in [0.1, 0.15) is 30.1 Å². The molecule has 3 aromatic carbocycles. The van der Waals surface area contributed by atoms with E-state index in [0.717, 1.165) is 42.3 Å². The minimum absolute atomic E-state index is 0.288.